The SMILES string of the molecule is CN=C(NCC1CCc2nnc(C)n2C1)N1CCN(CC(C)C)CC1. The van der Waals surface area contributed by atoms with Crippen molar-refractivity contribution in [3.63, 3.8) is 0 Å². The summed E-state index contributed by atoms with van der Waals surface area (Å²) in [4.78, 5) is 9.47. The van der Waals surface area contributed by atoms with Crippen LogP contribution in [0.1, 0.15) is 31.9 Å². The van der Waals surface area contributed by atoms with Gasteiger partial charge in [-0.1, -0.05) is 13.8 Å². The highest BCUT2D eigenvalue weighted by atomic mass is 15.3. The molecule has 1 unspecified atom stereocenters. The predicted octanol–water partition coefficient (Wildman–Crippen LogP) is 0.998. The lowest BCUT2D eigenvalue weighted by Crippen LogP contribution is -2.53. The van der Waals surface area contributed by atoms with Gasteiger partial charge in [-0.05, 0) is 25.2 Å². The molecule has 0 radical (unpaired) electrons. The Bertz CT molecular complexity index is 584. The van der Waals surface area contributed by atoms with Crippen LogP contribution in [0.2, 0.25) is 0 Å². The average Bonchev–Trinajstić information content (AvgIpc) is 2.97. The molecule has 1 saturated heterocycles. The molecule has 0 amide bonds. The molecule has 1 aromatic heterocycles. The zero-order valence-corrected chi connectivity index (χ0v) is 16.2. The van der Waals surface area contributed by atoms with Gasteiger partial charge in [0.15, 0.2) is 5.96 Å². The number of guanidine groups is 1. The standard InChI is InChI=1S/C18H33N7/c1-14(2)12-23-7-9-24(10-8-23)18(19-4)20-11-16-5-6-17-22-21-15(3)25(17)13-16/h14,16H,5-13H2,1-4H3,(H,19,20). The van der Waals surface area contributed by atoms with Gasteiger partial charge in [0.25, 0.3) is 0 Å². The van der Waals surface area contributed by atoms with Gasteiger partial charge >= 0.3 is 0 Å². The van der Waals surface area contributed by atoms with Crippen molar-refractivity contribution in [3.05, 3.63) is 11.6 Å². The van der Waals surface area contributed by atoms with Gasteiger partial charge in [-0.15, -0.1) is 10.2 Å². The number of nitrogens with one attached hydrogen (secondary N) is 1. The van der Waals surface area contributed by atoms with Crippen molar-refractivity contribution in [1.82, 2.24) is 29.9 Å². The smallest absolute Gasteiger partial charge is 0.193 e. The minimum absolute atomic E-state index is 0.612. The van der Waals surface area contributed by atoms with Crippen LogP contribution in [0, 0.1) is 18.8 Å². The molecule has 0 spiro atoms. The summed E-state index contributed by atoms with van der Waals surface area (Å²) in [5.41, 5.74) is 0. The summed E-state index contributed by atoms with van der Waals surface area (Å²) in [6.07, 6.45) is 2.20. The highest BCUT2D eigenvalue weighted by molar-refractivity contribution is 5.80. The summed E-state index contributed by atoms with van der Waals surface area (Å²) >= 11 is 0. The van der Waals surface area contributed by atoms with Crippen LogP contribution in [0.15, 0.2) is 4.99 Å². The van der Waals surface area contributed by atoms with E-state index in [0.29, 0.717) is 5.92 Å². The lowest BCUT2D eigenvalue weighted by Gasteiger charge is -2.37. The van der Waals surface area contributed by atoms with Gasteiger partial charge in [0.05, 0.1) is 0 Å². The molecule has 1 atom stereocenters. The molecular formula is C18H33N7. The maximum Gasteiger partial charge on any atom is 0.193 e. The zero-order chi connectivity index (χ0) is 17.8. The molecule has 2 aliphatic rings. The van der Waals surface area contributed by atoms with Gasteiger partial charge < -0.3 is 14.8 Å². The lowest BCUT2D eigenvalue weighted by atomic mass is 9.99. The molecule has 140 valence electrons. The minimum Gasteiger partial charge on any atom is -0.356 e. The van der Waals surface area contributed by atoms with E-state index in [1.807, 2.05) is 14.0 Å². The van der Waals surface area contributed by atoms with Crippen LogP contribution in [0.3, 0.4) is 0 Å². The second-order valence-corrected chi connectivity index (χ2v) is 7.79. The number of aliphatic imine (C=N–C) groups is 1. The van der Waals surface area contributed by atoms with Crippen LogP contribution in [0.4, 0.5) is 0 Å². The second-order valence-electron chi connectivity index (χ2n) is 7.79. The van der Waals surface area contributed by atoms with E-state index in [1.54, 1.807) is 0 Å². The van der Waals surface area contributed by atoms with Gasteiger partial charge in [-0.2, -0.15) is 0 Å². The third kappa shape index (κ3) is 4.51. The van der Waals surface area contributed by atoms with Crippen molar-refractivity contribution in [2.75, 3.05) is 46.3 Å². The third-order valence-electron chi connectivity index (χ3n) is 5.29. The van der Waals surface area contributed by atoms with Crippen LogP contribution >= 0.6 is 0 Å². The summed E-state index contributed by atoms with van der Waals surface area (Å²) in [5.74, 6) is 4.57. The molecule has 25 heavy (non-hydrogen) atoms. The Balaban J connectivity index is 1.47. The number of rotatable bonds is 4. The first-order chi connectivity index (χ1) is 12.1. The quantitative estimate of drug-likeness (QED) is 0.650. The predicted molar refractivity (Wildman–Crippen MR) is 101 cm³/mol. The molecule has 1 aromatic rings. The summed E-state index contributed by atoms with van der Waals surface area (Å²) in [6, 6.07) is 0. The van der Waals surface area contributed by atoms with Crippen molar-refractivity contribution in [2.45, 2.75) is 40.2 Å². The highest BCUT2D eigenvalue weighted by Crippen LogP contribution is 2.19. The van der Waals surface area contributed by atoms with Gasteiger partial charge in [0.1, 0.15) is 11.6 Å². The molecule has 1 fully saturated rings. The van der Waals surface area contributed by atoms with E-state index in [0.717, 1.165) is 69.2 Å². The van der Waals surface area contributed by atoms with Crippen molar-refractivity contribution in [1.29, 1.82) is 0 Å². The minimum atomic E-state index is 0.612. The highest BCUT2D eigenvalue weighted by Gasteiger charge is 2.23. The molecular weight excluding hydrogens is 314 g/mol. The van der Waals surface area contributed by atoms with E-state index in [1.165, 1.54) is 13.0 Å². The van der Waals surface area contributed by atoms with Crippen LogP contribution in [-0.2, 0) is 13.0 Å². The molecule has 3 heterocycles. The fourth-order valence-electron chi connectivity index (χ4n) is 3.92. The first-order valence-corrected chi connectivity index (χ1v) is 9.63. The largest absolute Gasteiger partial charge is 0.356 e. The number of aromatic nitrogens is 3. The Morgan fingerprint density at radius 2 is 2.00 bits per heavy atom. The van der Waals surface area contributed by atoms with Gasteiger partial charge in [0.2, 0.25) is 0 Å². The first kappa shape index (κ1) is 18.2. The normalized spacial score (nSPS) is 22.4. The van der Waals surface area contributed by atoms with Crippen LogP contribution < -0.4 is 5.32 Å². The maximum atomic E-state index is 4.52. The van der Waals surface area contributed by atoms with E-state index in [9.17, 15) is 0 Å². The second kappa shape index (κ2) is 8.17. The third-order valence-corrected chi connectivity index (χ3v) is 5.29. The Hall–Kier alpha value is -1.63. The number of hydrogen-bond donors (Lipinski definition) is 1. The van der Waals surface area contributed by atoms with Crippen LogP contribution in [0.25, 0.3) is 0 Å². The monoisotopic (exact) mass is 347 g/mol. The first-order valence-electron chi connectivity index (χ1n) is 9.63. The fraction of sp³-hybridized carbons (Fsp3) is 0.833. The lowest BCUT2D eigenvalue weighted by molar-refractivity contribution is 0.163. The topological polar surface area (TPSA) is 61.6 Å². The van der Waals surface area contributed by atoms with E-state index in [-0.39, 0.29) is 0 Å². The summed E-state index contributed by atoms with van der Waals surface area (Å²) in [6.45, 7) is 14.2. The molecule has 7 heteroatoms. The molecule has 0 aliphatic carbocycles. The van der Waals surface area contributed by atoms with Crippen molar-refractivity contribution < 1.29 is 0 Å². The number of hydrogen-bond acceptors (Lipinski definition) is 4. The number of aryl methyl sites for hydroxylation is 2. The van der Waals surface area contributed by atoms with Gasteiger partial charge in [-0.3, -0.25) is 9.89 Å². The van der Waals surface area contributed by atoms with Crippen LogP contribution in [0.5, 0.6) is 0 Å². The summed E-state index contributed by atoms with van der Waals surface area (Å²) in [5, 5.41) is 12.1. The Morgan fingerprint density at radius 3 is 2.68 bits per heavy atom. The number of fused-ring (bicyclic) bond motifs is 1. The average molecular weight is 348 g/mol. The molecule has 0 saturated carbocycles. The van der Waals surface area contributed by atoms with E-state index >= 15 is 0 Å². The molecule has 2 aliphatic heterocycles. The Kier molecular flexibility index (Phi) is 5.93. The van der Waals surface area contributed by atoms with E-state index < -0.39 is 0 Å². The van der Waals surface area contributed by atoms with E-state index in [4.69, 9.17) is 0 Å². The maximum absolute atomic E-state index is 4.52. The number of nitrogens with zero attached hydrogens (tertiary/aromatic N) is 6. The van der Waals surface area contributed by atoms with E-state index in [2.05, 4.69) is 48.7 Å². The fourth-order valence-corrected chi connectivity index (χ4v) is 3.92. The van der Waals surface area contributed by atoms with Gasteiger partial charge in [0, 0.05) is 59.3 Å². The molecule has 1 N–H and O–H groups in total. The Morgan fingerprint density at radius 1 is 1.24 bits per heavy atom. The molecule has 0 bridgehead atoms. The number of piperazine rings is 1. The van der Waals surface area contributed by atoms with Crippen molar-refractivity contribution in [2.24, 2.45) is 16.8 Å². The summed E-state index contributed by atoms with van der Waals surface area (Å²) in [7, 11) is 1.89. The molecule has 7 nitrogen and oxygen atoms in total. The van der Waals surface area contributed by atoms with Crippen molar-refractivity contribution >= 4 is 5.96 Å². The van der Waals surface area contributed by atoms with Crippen molar-refractivity contribution in [3.8, 4) is 0 Å². The molecule has 3 rings (SSSR count). The summed E-state index contributed by atoms with van der Waals surface area (Å²) < 4.78 is 2.27. The zero-order valence-electron chi connectivity index (χ0n) is 16.2. The van der Waals surface area contributed by atoms with Crippen LogP contribution in [-0.4, -0.2) is 76.8 Å². The molecule has 0 aromatic carbocycles. The van der Waals surface area contributed by atoms with Gasteiger partial charge in [-0.25, -0.2) is 0 Å². The Labute approximate surface area is 151 Å².